The largest absolute Gasteiger partial charge is 0.437 e. The molecule has 132 valence electrons. The molecule has 1 atom stereocenters. The quantitative estimate of drug-likeness (QED) is 0.672. The standard InChI is InChI=1S/C17H20BF2N3O2/c1-18(24)23-9-7-13(8-10-23)17(19,20)16-11-15(22-25-16)12-3-5-14(21-2)6-4-12/h3-6,13,16,24H,7-11H2,1H3. The van der Waals surface area contributed by atoms with Gasteiger partial charge >= 0.3 is 7.05 Å². The molecule has 1 N–H and O–H groups in total. The summed E-state index contributed by atoms with van der Waals surface area (Å²) >= 11 is 0. The van der Waals surface area contributed by atoms with E-state index in [9.17, 15) is 13.8 Å². The van der Waals surface area contributed by atoms with Crippen LogP contribution in [0.4, 0.5) is 14.5 Å². The van der Waals surface area contributed by atoms with Gasteiger partial charge in [-0.25, -0.2) is 13.6 Å². The molecule has 5 nitrogen and oxygen atoms in total. The lowest BCUT2D eigenvalue weighted by Gasteiger charge is -2.37. The minimum Gasteiger partial charge on any atom is -0.437 e. The monoisotopic (exact) mass is 347 g/mol. The van der Waals surface area contributed by atoms with E-state index < -0.39 is 25.0 Å². The zero-order valence-corrected chi connectivity index (χ0v) is 14.0. The predicted octanol–water partition coefficient (Wildman–Crippen LogP) is 3.19. The molecule has 0 spiro atoms. The van der Waals surface area contributed by atoms with E-state index in [1.165, 1.54) is 0 Å². The van der Waals surface area contributed by atoms with Gasteiger partial charge in [0, 0.05) is 12.3 Å². The number of halogens is 2. The van der Waals surface area contributed by atoms with Crippen molar-refractivity contribution in [3.8, 4) is 0 Å². The Balaban J connectivity index is 1.62. The van der Waals surface area contributed by atoms with Crippen LogP contribution in [0.15, 0.2) is 29.4 Å². The minimum atomic E-state index is -2.97. The SMILES string of the molecule is [C-]#[N+]c1ccc(C2=NOC(C(F)(F)C3CCN(B(C)O)CC3)C2)cc1. The fourth-order valence-corrected chi connectivity index (χ4v) is 3.40. The van der Waals surface area contributed by atoms with Gasteiger partial charge in [0.15, 0.2) is 11.8 Å². The summed E-state index contributed by atoms with van der Waals surface area (Å²) in [5, 5.41) is 13.4. The van der Waals surface area contributed by atoms with Crippen molar-refractivity contribution in [2.75, 3.05) is 13.1 Å². The number of benzene rings is 1. The first-order valence-electron chi connectivity index (χ1n) is 8.42. The number of rotatable bonds is 4. The third-order valence-electron chi connectivity index (χ3n) is 5.03. The molecule has 2 aliphatic rings. The third kappa shape index (κ3) is 3.67. The summed E-state index contributed by atoms with van der Waals surface area (Å²) in [7, 11) is -0.606. The van der Waals surface area contributed by atoms with Crippen LogP contribution in [0.2, 0.25) is 6.82 Å². The van der Waals surface area contributed by atoms with Gasteiger partial charge < -0.3 is 14.7 Å². The van der Waals surface area contributed by atoms with Gasteiger partial charge in [-0.2, -0.15) is 0 Å². The van der Waals surface area contributed by atoms with Gasteiger partial charge in [0.05, 0.1) is 12.3 Å². The van der Waals surface area contributed by atoms with Crippen molar-refractivity contribution in [3.63, 3.8) is 0 Å². The van der Waals surface area contributed by atoms with E-state index in [2.05, 4.69) is 10.0 Å². The molecule has 0 aliphatic carbocycles. The summed E-state index contributed by atoms with van der Waals surface area (Å²) in [6.07, 6.45) is -0.549. The highest BCUT2D eigenvalue weighted by atomic mass is 19.3. The molecule has 2 aliphatic heterocycles. The lowest BCUT2D eigenvalue weighted by molar-refractivity contribution is -0.167. The van der Waals surface area contributed by atoms with Crippen molar-refractivity contribution in [2.45, 2.75) is 38.1 Å². The normalized spacial score (nSPS) is 22.2. The van der Waals surface area contributed by atoms with Gasteiger partial charge in [-0.15, -0.1) is 0 Å². The predicted molar refractivity (Wildman–Crippen MR) is 91.8 cm³/mol. The average Bonchev–Trinajstić information content (AvgIpc) is 3.13. The zero-order chi connectivity index (χ0) is 18.0. The summed E-state index contributed by atoms with van der Waals surface area (Å²) in [4.78, 5) is 10.2. The fraction of sp³-hybridized carbons (Fsp3) is 0.529. The Labute approximate surface area is 146 Å². The molecule has 1 aromatic rings. The molecular weight excluding hydrogens is 327 g/mol. The molecule has 0 radical (unpaired) electrons. The van der Waals surface area contributed by atoms with Crippen molar-refractivity contribution in [2.24, 2.45) is 11.1 Å². The first-order chi connectivity index (χ1) is 11.9. The Morgan fingerprint density at radius 3 is 2.52 bits per heavy atom. The van der Waals surface area contributed by atoms with Crippen LogP contribution in [-0.2, 0) is 4.84 Å². The lowest BCUT2D eigenvalue weighted by Crippen LogP contribution is -2.49. The average molecular weight is 347 g/mol. The van der Waals surface area contributed by atoms with Crippen molar-refractivity contribution in [3.05, 3.63) is 41.2 Å². The Morgan fingerprint density at radius 1 is 1.32 bits per heavy atom. The second-order valence-corrected chi connectivity index (χ2v) is 6.61. The van der Waals surface area contributed by atoms with Crippen molar-refractivity contribution in [1.29, 1.82) is 0 Å². The molecule has 1 aromatic carbocycles. The summed E-state index contributed by atoms with van der Waals surface area (Å²) in [6.45, 7) is 9.50. The van der Waals surface area contributed by atoms with Crippen molar-refractivity contribution in [1.82, 2.24) is 4.81 Å². The van der Waals surface area contributed by atoms with Gasteiger partial charge in [0.1, 0.15) is 0 Å². The second kappa shape index (κ2) is 7.10. The molecule has 1 saturated heterocycles. The van der Waals surface area contributed by atoms with Gasteiger partial charge in [-0.1, -0.05) is 29.4 Å². The van der Waals surface area contributed by atoms with Crippen LogP contribution in [0.5, 0.6) is 0 Å². The number of nitrogens with zero attached hydrogens (tertiary/aromatic N) is 3. The van der Waals surface area contributed by atoms with Gasteiger partial charge in [0.25, 0.3) is 5.92 Å². The summed E-state index contributed by atoms with van der Waals surface area (Å²) in [6, 6.07) is 6.69. The zero-order valence-electron chi connectivity index (χ0n) is 14.0. The van der Waals surface area contributed by atoms with Crippen LogP contribution in [0.3, 0.4) is 0 Å². The van der Waals surface area contributed by atoms with E-state index in [1.54, 1.807) is 35.9 Å². The Hall–Kier alpha value is -1.98. The highest BCUT2D eigenvalue weighted by Gasteiger charge is 2.51. The van der Waals surface area contributed by atoms with E-state index in [1.807, 2.05) is 0 Å². The fourth-order valence-electron chi connectivity index (χ4n) is 3.40. The van der Waals surface area contributed by atoms with E-state index in [4.69, 9.17) is 11.4 Å². The maximum Gasteiger partial charge on any atom is 0.376 e. The van der Waals surface area contributed by atoms with Crippen molar-refractivity contribution < 1.29 is 18.6 Å². The highest BCUT2D eigenvalue weighted by Crippen LogP contribution is 2.40. The molecule has 0 bridgehead atoms. The lowest BCUT2D eigenvalue weighted by atomic mass is 9.78. The van der Waals surface area contributed by atoms with E-state index in [0.717, 1.165) is 0 Å². The number of alkyl halides is 2. The Morgan fingerprint density at radius 2 is 1.96 bits per heavy atom. The van der Waals surface area contributed by atoms with Crippen LogP contribution in [0.1, 0.15) is 24.8 Å². The third-order valence-corrected chi connectivity index (χ3v) is 5.03. The smallest absolute Gasteiger partial charge is 0.376 e. The molecule has 25 heavy (non-hydrogen) atoms. The molecule has 0 amide bonds. The van der Waals surface area contributed by atoms with Gasteiger partial charge in [-0.05, 0) is 38.3 Å². The molecular formula is C17H20BF2N3O2. The van der Waals surface area contributed by atoms with E-state index >= 15 is 0 Å². The van der Waals surface area contributed by atoms with Crippen LogP contribution in [-0.4, -0.2) is 47.7 Å². The molecule has 3 rings (SSSR count). The summed E-state index contributed by atoms with van der Waals surface area (Å²) in [5.41, 5.74) is 1.69. The molecule has 2 heterocycles. The second-order valence-electron chi connectivity index (χ2n) is 6.61. The maximum absolute atomic E-state index is 14.8. The number of piperidine rings is 1. The molecule has 1 fully saturated rings. The molecule has 8 heteroatoms. The van der Waals surface area contributed by atoms with E-state index in [0.29, 0.717) is 42.9 Å². The molecule has 0 saturated carbocycles. The number of hydrogen-bond donors (Lipinski definition) is 1. The first-order valence-corrected chi connectivity index (χ1v) is 8.42. The van der Waals surface area contributed by atoms with Crippen LogP contribution >= 0.6 is 0 Å². The minimum absolute atomic E-state index is 0.0565. The van der Waals surface area contributed by atoms with Gasteiger partial charge in [0.2, 0.25) is 0 Å². The number of hydrogen-bond acceptors (Lipinski definition) is 4. The number of oxime groups is 1. The topological polar surface area (TPSA) is 49.4 Å². The molecule has 1 unspecified atom stereocenters. The summed E-state index contributed by atoms with van der Waals surface area (Å²) < 4.78 is 29.7. The highest BCUT2D eigenvalue weighted by molar-refractivity contribution is 6.45. The maximum atomic E-state index is 14.8. The van der Waals surface area contributed by atoms with Crippen LogP contribution < -0.4 is 0 Å². The van der Waals surface area contributed by atoms with Crippen LogP contribution in [0, 0.1) is 12.5 Å². The van der Waals surface area contributed by atoms with Gasteiger partial charge in [-0.3, -0.25) is 0 Å². The Kier molecular flexibility index (Phi) is 5.07. The molecule has 0 aromatic heterocycles. The van der Waals surface area contributed by atoms with Crippen LogP contribution in [0.25, 0.3) is 4.85 Å². The first kappa shape index (κ1) is 17.8. The summed E-state index contributed by atoms with van der Waals surface area (Å²) in [5.74, 6) is -3.74. The Bertz CT molecular complexity index is 680. The van der Waals surface area contributed by atoms with Crippen molar-refractivity contribution >= 4 is 18.4 Å². The van der Waals surface area contributed by atoms with E-state index in [-0.39, 0.29) is 6.42 Å².